The number of rotatable bonds is 32. The minimum Gasteiger partial charge on any atom is -0.271 e. The summed E-state index contributed by atoms with van der Waals surface area (Å²) in [5.74, 6) is -0.801. The van der Waals surface area contributed by atoms with E-state index in [0.29, 0.717) is 32.0 Å². The third kappa shape index (κ3) is 11.9. The van der Waals surface area contributed by atoms with Crippen LogP contribution >= 0.6 is 45.3 Å². The van der Waals surface area contributed by atoms with Crippen LogP contribution in [0.4, 0.5) is 0 Å². The molecular weight excluding hydrogens is 941 g/mol. The van der Waals surface area contributed by atoms with Gasteiger partial charge in [0.25, 0.3) is 23.6 Å². The molecule has 5 aromatic rings. The molecule has 382 valence electrons. The number of hydrogen-bond donors (Lipinski definition) is 0. The van der Waals surface area contributed by atoms with E-state index in [9.17, 15) is 4.79 Å². The second-order valence-corrected chi connectivity index (χ2v) is 25.5. The second-order valence-electron chi connectivity index (χ2n) is 20.9. The largest absolute Gasteiger partial charge is 0.271 e. The maximum Gasteiger partial charge on any atom is 0.263 e. The number of carbonyl (C=O) groups is 4. The zero-order chi connectivity index (χ0) is 49.9. The molecule has 0 fully saturated rings. The topological polar surface area (TPSA) is 74.8 Å². The molecule has 2 aliphatic rings. The molecule has 1 aromatic carbocycles. The van der Waals surface area contributed by atoms with Gasteiger partial charge in [0, 0.05) is 36.1 Å². The number of thiophene rings is 4. The van der Waals surface area contributed by atoms with Crippen molar-refractivity contribution in [3.63, 3.8) is 0 Å². The van der Waals surface area contributed by atoms with Gasteiger partial charge in [0.2, 0.25) is 0 Å². The summed E-state index contributed by atoms with van der Waals surface area (Å²) in [7, 11) is 0. The lowest BCUT2D eigenvalue weighted by Crippen LogP contribution is -2.40. The first-order chi connectivity index (χ1) is 34.0. The third-order valence-corrected chi connectivity index (χ3v) is 20.6. The number of imide groups is 2. The molecule has 4 amide bonds. The fraction of sp³-hybridized carbons (Fsp3) is 0.633. The van der Waals surface area contributed by atoms with Crippen molar-refractivity contribution in [1.82, 2.24) is 9.80 Å². The smallest absolute Gasteiger partial charge is 0.263 e. The zero-order valence-corrected chi connectivity index (χ0v) is 47.5. The Labute approximate surface area is 437 Å². The maximum absolute atomic E-state index is 15.5. The van der Waals surface area contributed by atoms with Gasteiger partial charge in [-0.3, -0.25) is 29.0 Å². The Morgan fingerprint density at radius 3 is 1.17 bits per heavy atom. The summed E-state index contributed by atoms with van der Waals surface area (Å²) in [6, 6.07) is 4.21. The van der Waals surface area contributed by atoms with Crippen molar-refractivity contribution in [2.45, 2.75) is 247 Å². The average molecular weight is 1030 g/mol. The first-order valence-corrected chi connectivity index (χ1v) is 31.2. The highest BCUT2D eigenvalue weighted by Crippen LogP contribution is 2.54. The van der Waals surface area contributed by atoms with Crippen LogP contribution in [0.25, 0.3) is 39.7 Å². The van der Waals surface area contributed by atoms with E-state index >= 15 is 14.4 Å². The number of carbonyl (C=O) groups excluding carboxylic acids is 4. The summed E-state index contributed by atoms with van der Waals surface area (Å²) in [6.07, 6.45) is 31.0. The molecule has 0 radical (unpaired) electrons. The molecule has 0 bridgehead atoms. The Morgan fingerprint density at radius 2 is 0.729 bits per heavy atom. The van der Waals surface area contributed by atoms with E-state index in [1.807, 2.05) is 18.3 Å². The van der Waals surface area contributed by atoms with Gasteiger partial charge in [-0.2, -0.15) is 0 Å². The maximum atomic E-state index is 15.5. The molecule has 10 heteroatoms. The molecular formula is C60H84N2O4S4. The molecule has 2 aliphatic heterocycles. The predicted molar refractivity (Wildman–Crippen MR) is 303 cm³/mol. The fourth-order valence-corrected chi connectivity index (χ4v) is 16.5. The van der Waals surface area contributed by atoms with Crippen molar-refractivity contribution in [1.29, 1.82) is 0 Å². The zero-order valence-electron chi connectivity index (χ0n) is 44.3. The summed E-state index contributed by atoms with van der Waals surface area (Å²) in [6.45, 7) is 17.5. The van der Waals surface area contributed by atoms with Crippen LogP contribution in [-0.4, -0.2) is 45.5 Å². The van der Waals surface area contributed by atoms with Crippen molar-refractivity contribution in [2.24, 2.45) is 0 Å². The van der Waals surface area contributed by atoms with Crippen molar-refractivity contribution in [3.8, 4) is 19.5 Å². The highest BCUT2D eigenvalue weighted by Gasteiger charge is 2.49. The van der Waals surface area contributed by atoms with Gasteiger partial charge < -0.3 is 0 Å². The van der Waals surface area contributed by atoms with Gasteiger partial charge in [-0.15, -0.1) is 45.3 Å². The third-order valence-electron chi connectivity index (χ3n) is 15.5. The molecule has 0 N–H and O–H groups in total. The minimum absolute atomic E-state index is 0.154. The highest BCUT2D eigenvalue weighted by molar-refractivity contribution is 7.29. The Morgan fingerprint density at radius 1 is 0.386 bits per heavy atom. The fourth-order valence-electron chi connectivity index (χ4n) is 11.5. The van der Waals surface area contributed by atoms with Crippen LogP contribution in [0.1, 0.15) is 270 Å². The van der Waals surface area contributed by atoms with E-state index in [0.717, 1.165) is 91.7 Å². The van der Waals surface area contributed by atoms with Crippen molar-refractivity contribution in [3.05, 3.63) is 55.3 Å². The van der Waals surface area contributed by atoms with Crippen molar-refractivity contribution >= 4 is 89.1 Å². The minimum atomic E-state index is -0.221. The molecule has 6 nitrogen and oxygen atoms in total. The number of amides is 4. The summed E-state index contributed by atoms with van der Waals surface area (Å²) < 4.78 is 2.52. The standard InChI is InChI=1S/C60H84N2O4S4/c1-9-13-17-21-25-29-33-43(34-30-26-22-18-14-10-2)61-57(63)48-42(8)68-55(49(48)58(61)64)56-51-50(54(70-56)47-38-46-41(7)52-45(37-39(5)67-52)40(6)53(46)69-47)59(65)62(60(51)66)44(35-31-27-23-19-15-11-3)36-32-28-24-20-16-12-4/h37-38,43-44H,9-36H2,1-8H3. The number of fused-ring (bicyclic) bond motifs is 4. The van der Waals surface area contributed by atoms with Gasteiger partial charge in [0.05, 0.1) is 36.9 Å². The molecule has 4 aromatic heterocycles. The van der Waals surface area contributed by atoms with Crippen LogP contribution in [0.5, 0.6) is 0 Å². The second kappa shape index (κ2) is 26.2. The molecule has 70 heavy (non-hydrogen) atoms. The van der Waals surface area contributed by atoms with E-state index < -0.39 is 0 Å². The molecule has 0 saturated heterocycles. The Kier molecular flexibility index (Phi) is 20.4. The van der Waals surface area contributed by atoms with Crippen LogP contribution in [0.15, 0.2) is 12.1 Å². The molecule has 0 spiro atoms. The molecule has 6 heterocycles. The quantitative estimate of drug-likeness (QED) is 0.0318. The number of unbranched alkanes of at least 4 members (excludes halogenated alkanes) is 20. The number of benzene rings is 1. The van der Waals surface area contributed by atoms with Gasteiger partial charge in [-0.25, -0.2) is 0 Å². The van der Waals surface area contributed by atoms with Crippen LogP contribution in [0.3, 0.4) is 0 Å². The van der Waals surface area contributed by atoms with E-state index in [-0.39, 0.29) is 35.7 Å². The van der Waals surface area contributed by atoms with Crippen molar-refractivity contribution in [2.75, 3.05) is 0 Å². The number of nitrogens with zero attached hydrogens (tertiary/aromatic N) is 2. The monoisotopic (exact) mass is 1020 g/mol. The molecule has 7 rings (SSSR count). The summed E-state index contributed by atoms with van der Waals surface area (Å²) >= 11 is 6.51. The van der Waals surface area contributed by atoms with Gasteiger partial charge in [-0.05, 0) is 87.4 Å². The average Bonchev–Trinajstić information content (AvgIpc) is 4.20. The van der Waals surface area contributed by atoms with E-state index in [1.165, 1.54) is 162 Å². The number of hydrogen-bond acceptors (Lipinski definition) is 8. The number of aryl methyl sites for hydroxylation is 4. The van der Waals surface area contributed by atoms with Crippen LogP contribution in [0, 0.1) is 27.7 Å². The van der Waals surface area contributed by atoms with Gasteiger partial charge >= 0.3 is 0 Å². The van der Waals surface area contributed by atoms with E-state index in [1.54, 1.807) is 21.1 Å². The Hall–Kier alpha value is -3.18. The lowest BCUT2D eigenvalue weighted by Gasteiger charge is -2.27. The molecule has 0 aliphatic carbocycles. The van der Waals surface area contributed by atoms with Gasteiger partial charge in [-0.1, -0.05) is 182 Å². The van der Waals surface area contributed by atoms with Gasteiger partial charge in [0.15, 0.2) is 0 Å². The lowest BCUT2D eigenvalue weighted by atomic mass is 9.98. The van der Waals surface area contributed by atoms with E-state index in [4.69, 9.17) is 0 Å². The summed E-state index contributed by atoms with van der Waals surface area (Å²) in [5, 5.41) is 2.48. The first-order valence-electron chi connectivity index (χ1n) is 28.0. The van der Waals surface area contributed by atoms with Crippen molar-refractivity contribution < 1.29 is 19.2 Å². The lowest BCUT2D eigenvalue weighted by molar-refractivity contribution is 0.0546. The van der Waals surface area contributed by atoms with Crippen LogP contribution in [-0.2, 0) is 0 Å². The Bertz CT molecular complexity index is 2500. The van der Waals surface area contributed by atoms with Gasteiger partial charge in [0.1, 0.15) is 0 Å². The molecule has 0 atom stereocenters. The normalized spacial score (nSPS) is 13.9. The van der Waals surface area contributed by atoms with E-state index in [2.05, 4.69) is 60.6 Å². The molecule has 0 unspecified atom stereocenters. The summed E-state index contributed by atoms with van der Waals surface area (Å²) in [5.41, 5.74) is 4.40. The Balaban J connectivity index is 1.29. The molecule has 0 saturated carbocycles. The highest BCUT2D eigenvalue weighted by atomic mass is 32.1. The predicted octanol–water partition coefficient (Wildman–Crippen LogP) is 19.7. The SMILES string of the molecule is CCCCCCCCC(CCCCCCCC)N1C(=O)c2c(C)sc(-c3sc(-c4cc5c(C)c6sc(C)cc6c(C)c5s4)c4c3C(=O)N(C(CCCCCCCC)CCCCCCCC)C4=O)c2C1=O. The van der Waals surface area contributed by atoms with Crippen LogP contribution in [0.2, 0.25) is 0 Å². The summed E-state index contributed by atoms with van der Waals surface area (Å²) in [4.78, 5) is 69.5. The van der Waals surface area contributed by atoms with Crippen LogP contribution < -0.4 is 0 Å². The first kappa shape index (κ1) is 54.6.